The van der Waals surface area contributed by atoms with E-state index in [9.17, 15) is 8.42 Å². The van der Waals surface area contributed by atoms with E-state index >= 15 is 0 Å². The molecule has 0 spiro atoms. The number of nitrogens with one attached hydrogen (secondary N) is 2. The van der Waals surface area contributed by atoms with Crippen molar-refractivity contribution in [2.45, 2.75) is 18.7 Å². The van der Waals surface area contributed by atoms with E-state index in [0.29, 0.717) is 27.7 Å². The standard InChI is InChI=1S/C15H16ClN3O2S2/c1-10-7-15(11(2)22-10)23(20,21)19-6-5-18-14-8-13(16)4-3-12(14)9-17/h3-4,7-8,18-19H,5-6H2,1-2H3. The molecule has 0 aliphatic rings. The van der Waals surface area contributed by atoms with Crippen molar-refractivity contribution >= 4 is 38.6 Å². The molecular weight excluding hydrogens is 354 g/mol. The molecule has 2 N–H and O–H groups in total. The molecule has 1 aromatic heterocycles. The third-order valence-electron chi connectivity index (χ3n) is 3.12. The molecule has 2 rings (SSSR count). The number of halogens is 1. The predicted molar refractivity (Wildman–Crippen MR) is 93.6 cm³/mol. The number of rotatable bonds is 6. The Morgan fingerprint density at radius 3 is 2.61 bits per heavy atom. The van der Waals surface area contributed by atoms with Crippen LogP contribution in [0, 0.1) is 25.2 Å². The fourth-order valence-corrected chi connectivity index (χ4v) is 4.85. The van der Waals surface area contributed by atoms with Crippen molar-refractivity contribution in [3.05, 3.63) is 44.6 Å². The second-order valence-corrected chi connectivity index (χ2v) is 8.54. The summed E-state index contributed by atoms with van der Waals surface area (Å²) in [6.45, 7) is 4.21. The molecule has 0 bridgehead atoms. The lowest BCUT2D eigenvalue weighted by Gasteiger charge is -2.10. The summed E-state index contributed by atoms with van der Waals surface area (Å²) < 4.78 is 27.1. The van der Waals surface area contributed by atoms with Gasteiger partial charge in [0, 0.05) is 27.9 Å². The molecular formula is C15H16ClN3O2S2. The van der Waals surface area contributed by atoms with E-state index in [1.165, 1.54) is 11.3 Å². The van der Waals surface area contributed by atoms with Gasteiger partial charge in [0.25, 0.3) is 0 Å². The lowest BCUT2D eigenvalue weighted by atomic mass is 10.2. The Kier molecular flexibility index (Phi) is 5.65. The van der Waals surface area contributed by atoms with E-state index in [1.54, 1.807) is 31.2 Å². The van der Waals surface area contributed by atoms with Crippen LogP contribution in [0.5, 0.6) is 0 Å². The number of nitriles is 1. The maximum absolute atomic E-state index is 12.2. The van der Waals surface area contributed by atoms with E-state index in [0.717, 1.165) is 9.75 Å². The number of sulfonamides is 1. The van der Waals surface area contributed by atoms with E-state index in [4.69, 9.17) is 16.9 Å². The number of hydrogen-bond acceptors (Lipinski definition) is 5. The van der Waals surface area contributed by atoms with Gasteiger partial charge in [0.15, 0.2) is 0 Å². The first-order valence-corrected chi connectivity index (χ1v) is 9.51. The summed E-state index contributed by atoms with van der Waals surface area (Å²) in [7, 11) is -3.52. The zero-order valence-corrected chi connectivity index (χ0v) is 15.1. The molecule has 23 heavy (non-hydrogen) atoms. The van der Waals surface area contributed by atoms with Crippen LogP contribution < -0.4 is 10.0 Å². The van der Waals surface area contributed by atoms with Crippen molar-refractivity contribution < 1.29 is 8.42 Å². The van der Waals surface area contributed by atoms with Gasteiger partial charge in [0.05, 0.1) is 16.1 Å². The van der Waals surface area contributed by atoms with E-state index in [1.807, 2.05) is 6.92 Å². The SMILES string of the molecule is Cc1cc(S(=O)(=O)NCCNc2cc(Cl)ccc2C#N)c(C)s1. The summed E-state index contributed by atoms with van der Waals surface area (Å²) in [5, 5.41) is 12.6. The molecule has 0 saturated heterocycles. The Morgan fingerprint density at radius 2 is 2.00 bits per heavy atom. The van der Waals surface area contributed by atoms with Crippen molar-refractivity contribution in [3.63, 3.8) is 0 Å². The fraction of sp³-hybridized carbons (Fsp3) is 0.267. The third-order valence-corrected chi connectivity index (χ3v) is 6.04. The van der Waals surface area contributed by atoms with Crippen molar-refractivity contribution in [3.8, 4) is 6.07 Å². The smallest absolute Gasteiger partial charge is 0.241 e. The molecule has 0 radical (unpaired) electrons. The van der Waals surface area contributed by atoms with Gasteiger partial charge in [-0.1, -0.05) is 11.6 Å². The van der Waals surface area contributed by atoms with Gasteiger partial charge in [-0.3, -0.25) is 0 Å². The summed E-state index contributed by atoms with van der Waals surface area (Å²) in [4.78, 5) is 2.05. The number of thiophene rings is 1. The van der Waals surface area contributed by atoms with Crippen LogP contribution >= 0.6 is 22.9 Å². The molecule has 122 valence electrons. The first-order chi connectivity index (χ1) is 10.8. The van der Waals surface area contributed by atoms with Gasteiger partial charge < -0.3 is 5.32 Å². The number of hydrogen-bond donors (Lipinski definition) is 2. The van der Waals surface area contributed by atoms with Crippen LogP contribution in [0.4, 0.5) is 5.69 Å². The molecule has 0 saturated carbocycles. The molecule has 0 fully saturated rings. The van der Waals surface area contributed by atoms with Crippen LogP contribution in [0.15, 0.2) is 29.2 Å². The van der Waals surface area contributed by atoms with Gasteiger partial charge in [0.2, 0.25) is 10.0 Å². The summed E-state index contributed by atoms with van der Waals surface area (Å²) in [5.41, 5.74) is 1.04. The largest absolute Gasteiger partial charge is 0.383 e. The van der Waals surface area contributed by atoms with Gasteiger partial charge in [-0.25, -0.2) is 13.1 Å². The van der Waals surface area contributed by atoms with Gasteiger partial charge in [-0.2, -0.15) is 5.26 Å². The molecule has 5 nitrogen and oxygen atoms in total. The molecule has 8 heteroatoms. The molecule has 0 amide bonds. The fourth-order valence-electron chi connectivity index (χ4n) is 2.09. The maximum atomic E-state index is 12.2. The van der Waals surface area contributed by atoms with Crippen LogP contribution in [0.1, 0.15) is 15.3 Å². The quantitative estimate of drug-likeness (QED) is 0.765. The van der Waals surface area contributed by atoms with Gasteiger partial charge in [0.1, 0.15) is 6.07 Å². The lowest BCUT2D eigenvalue weighted by molar-refractivity contribution is 0.582. The molecule has 0 atom stereocenters. The number of anilines is 1. The highest BCUT2D eigenvalue weighted by molar-refractivity contribution is 7.89. The van der Waals surface area contributed by atoms with E-state index < -0.39 is 10.0 Å². The molecule has 2 aromatic rings. The first kappa shape index (κ1) is 17.8. The van der Waals surface area contributed by atoms with Crippen molar-refractivity contribution in [1.82, 2.24) is 4.72 Å². The molecule has 0 aliphatic carbocycles. The van der Waals surface area contributed by atoms with E-state index in [2.05, 4.69) is 16.1 Å². The molecule has 0 aliphatic heterocycles. The first-order valence-electron chi connectivity index (χ1n) is 6.83. The Morgan fingerprint density at radius 1 is 1.26 bits per heavy atom. The predicted octanol–water partition coefficient (Wildman–Crippen LogP) is 3.28. The summed E-state index contributed by atoms with van der Waals surface area (Å²) >= 11 is 7.35. The van der Waals surface area contributed by atoms with Gasteiger partial charge in [-0.05, 0) is 38.1 Å². The highest BCUT2D eigenvalue weighted by atomic mass is 35.5. The lowest BCUT2D eigenvalue weighted by Crippen LogP contribution is -2.29. The minimum absolute atomic E-state index is 0.202. The second-order valence-electron chi connectivity index (χ2n) is 4.90. The van der Waals surface area contributed by atoms with Crippen LogP contribution in [-0.4, -0.2) is 21.5 Å². The Labute approximate surface area is 145 Å². The summed E-state index contributed by atoms with van der Waals surface area (Å²) in [6, 6.07) is 8.62. The number of aryl methyl sites for hydroxylation is 2. The topological polar surface area (TPSA) is 82.0 Å². The van der Waals surface area contributed by atoms with Crippen LogP contribution in [0.3, 0.4) is 0 Å². The Hall–Kier alpha value is -1.59. The van der Waals surface area contributed by atoms with Gasteiger partial charge >= 0.3 is 0 Å². The highest BCUT2D eigenvalue weighted by Gasteiger charge is 2.18. The Bertz CT molecular complexity index is 854. The molecule has 1 heterocycles. The summed E-state index contributed by atoms with van der Waals surface area (Å²) in [5.74, 6) is 0. The Balaban J connectivity index is 1.97. The molecule has 0 unspecified atom stereocenters. The van der Waals surface area contributed by atoms with E-state index in [-0.39, 0.29) is 6.54 Å². The molecule has 1 aromatic carbocycles. The van der Waals surface area contributed by atoms with Crippen molar-refractivity contribution in [1.29, 1.82) is 5.26 Å². The van der Waals surface area contributed by atoms with Crippen molar-refractivity contribution in [2.24, 2.45) is 0 Å². The number of benzene rings is 1. The normalized spacial score (nSPS) is 11.2. The average Bonchev–Trinajstić information content (AvgIpc) is 2.83. The van der Waals surface area contributed by atoms with Crippen LogP contribution in [-0.2, 0) is 10.0 Å². The summed E-state index contributed by atoms with van der Waals surface area (Å²) in [6.07, 6.45) is 0. The highest BCUT2D eigenvalue weighted by Crippen LogP contribution is 2.24. The minimum Gasteiger partial charge on any atom is -0.383 e. The average molecular weight is 370 g/mol. The van der Waals surface area contributed by atoms with Crippen LogP contribution in [0.2, 0.25) is 5.02 Å². The number of nitrogens with zero attached hydrogens (tertiary/aromatic N) is 1. The van der Waals surface area contributed by atoms with Gasteiger partial charge in [-0.15, -0.1) is 11.3 Å². The van der Waals surface area contributed by atoms with Crippen molar-refractivity contribution in [2.75, 3.05) is 18.4 Å². The maximum Gasteiger partial charge on any atom is 0.241 e. The third kappa shape index (κ3) is 4.45. The second kappa shape index (κ2) is 7.32. The zero-order valence-electron chi connectivity index (χ0n) is 12.7. The minimum atomic E-state index is -3.52. The zero-order chi connectivity index (χ0) is 17.0. The monoisotopic (exact) mass is 369 g/mol. The van der Waals surface area contributed by atoms with Crippen LogP contribution in [0.25, 0.3) is 0 Å².